The van der Waals surface area contributed by atoms with Gasteiger partial charge in [0.25, 0.3) is 5.56 Å². The lowest BCUT2D eigenvalue weighted by molar-refractivity contribution is -0.120. The molecular weight excluding hydrogens is 446 g/mol. The van der Waals surface area contributed by atoms with Crippen molar-refractivity contribution in [1.82, 2.24) is 24.8 Å². The van der Waals surface area contributed by atoms with E-state index in [2.05, 4.69) is 20.3 Å². The first-order chi connectivity index (χ1) is 16.5. The van der Waals surface area contributed by atoms with Crippen molar-refractivity contribution in [3.63, 3.8) is 0 Å². The molecule has 1 atom stereocenters. The highest BCUT2D eigenvalue weighted by Crippen LogP contribution is 2.24. The minimum Gasteiger partial charge on any atom is -0.351 e. The zero-order valence-corrected chi connectivity index (χ0v) is 20.1. The Balaban J connectivity index is 1.57. The summed E-state index contributed by atoms with van der Waals surface area (Å²) in [5.74, 6) is -0.0869. The van der Waals surface area contributed by atoms with E-state index in [-0.39, 0.29) is 17.0 Å². The second-order valence-electron chi connectivity index (χ2n) is 8.03. The van der Waals surface area contributed by atoms with Crippen LogP contribution < -0.4 is 10.9 Å². The second kappa shape index (κ2) is 11.1. The third-order valence-electron chi connectivity index (χ3n) is 5.52. The van der Waals surface area contributed by atoms with Crippen LogP contribution >= 0.6 is 11.8 Å². The Bertz CT molecular complexity index is 1320. The van der Waals surface area contributed by atoms with Crippen LogP contribution in [0.2, 0.25) is 0 Å². The zero-order valence-electron chi connectivity index (χ0n) is 19.3. The van der Waals surface area contributed by atoms with E-state index in [1.165, 1.54) is 29.7 Å². The number of nitrogens with zero attached hydrogens (tertiary/aromatic N) is 4. The van der Waals surface area contributed by atoms with E-state index < -0.39 is 5.25 Å². The summed E-state index contributed by atoms with van der Waals surface area (Å²) in [6.45, 7) is 4.88. The van der Waals surface area contributed by atoms with Crippen LogP contribution in [0.3, 0.4) is 0 Å². The fourth-order valence-corrected chi connectivity index (χ4v) is 4.61. The van der Waals surface area contributed by atoms with Gasteiger partial charge in [0.15, 0.2) is 16.3 Å². The Hall–Kier alpha value is -3.52. The molecule has 2 heterocycles. The molecule has 0 aliphatic carbocycles. The third-order valence-corrected chi connectivity index (χ3v) is 6.88. The third kappa shape index (κ3) is 5.69. The molecule has 2 aromatic carbocycles. The molecule has 2 aromatic heterocycles. The predicted molar refractivity (Wildman–Crippen MR) is 135 cm³/mol. The number of carbonyl (C=O) groups is 1. The van der Waals surface area contributed by atoms with Gasteiger partial charge in [-0.1, -0.05) is 78.8 Å². The smallest absolute Gasteiger partial charge is 0.282 e. The number of hydrogen-bond acceptors (Lipinski definition) is 6. The number of carbonyl (C=O) groups excluding carboxylic acids is 1. The number of nitrogens with one attached hydrogen (secondary N) is 1. The molecule has 4 aromatic rings. The summed E-state index contributed by atoms with van der Waals surface area (Å²) in [6, 6.07) is 18.0. The molecule has 0 fully saturated rings. The summed E-state index contributed by atoms with van der Waals surface area (Å²) >= 11 is 1.30. The molecule has 0 saturated heterocycles. The van der Waals surface area contributed by atoms with Crippen molar-refractivity contribution in [2.24, 2.45) is 0 Å². The first-order valence-electron chi connectivity index (χ1n) is 11.3. The molecule has 0 spiro atoms. The minimum absolute atomic E-state index is 0.0869. The second-order valence-corrected chi connectivity index (χ2v) is 9.20. The van der Waals surface area contributed by atoms with Gasteiger partial charge in [0.1, 0.15) is 0 Å². The maximum atomic E-state index is 13.3. The van der Waals surface area contributed by atoms with Crippen LogP contribution in [0, 0.1) is 6.92 Å². The quantitative estimate of drug-likeness (QED) is 0.293. The van der Waals surface area contributed by atoms with Crippen LogP contribution in [0.5, 0.6) is 0 Å². The number of amides is 1. The number of fused-ring (bicyclic) bond motifs is 1. The van der Waals surface area contributed by atoms with Crippen LogP contribution in [0.15, 0.2) is 76.9 Å². The van der Waals surface area contributed by atoms with Gasteiger partial charge in [-0.05, 0) is 30.9 Å². The molecule has 0 radical (unpaired) electrons. The van der Waals surface area contributed by atoms with Gasteiger partial charge in [-0.3, -0.25) is 14.2 Å². The van der Waals surface area contributed by atoms with Crippen LogP contribution in [0.4, 0.5) is 0 Å². The Kier molecular flexibility index (Phi) is 7.69. The Morgan fingerprint density at radius 3 is 2.50 bits per heavy atom. The van der Waals surface area contributed by atoms with Gasteiger partial charge in [0, 0.05) is 25.5 Å². The first-order valence-corrected chi connectivity index (χ1v) is 12.2. The van der Waals surface area contributed by atoms with Gasteiger partial charge < -0.3 is 5.32 Å². The van der Waals surface area contributed by atoms with Gasteiger partial charge in [-0.2, -0.15) is 0 Å². The molecule has 0 bridgehead atoms. The number of thioether (sulfide) groups is 1. The molecule has 1 N–H and O–H groups in total. The highest BCUT2D eigenvalue weighted by molar-refractivity contribution is 8.00. The van der Waals surface area contributed by atoms with Gasteiger partial charge in [0.05, 0.1) is 5.25 Å². The standard InChI is InChI=1S/C26H27N5O2S/c1-3-21(24(32)29-17-20-11-9-18(2)10-12-20)34-26-30-23-22(27-14-15-28-23)25(33)31(26)16-13-19-7-5-4-6-8-19/h4-12,14-15,21H,3,13,16-17H2,1-2H3,(H,29,32)/t21-/m0/s1. The lowest BCUT2D eigenvalue weighted by atomic mass is 10.1. The molecular formula is C26H27N5O2S. The Morgan fingerprint density at radius 2 is 1.76 bits per heavy atom. The van der Waals surface area contributed by atoms with Gasteiger partial charge in [-0.15, -0.1) is 0 Å². The van der Waals surface area contributed by atoms with Crippen LogP contribution in [-0.4, -0.2) is 30.7 Å². The SMILES string of the molecule is CC[C@H](Sc1nc2nccnc2c(=O)n1CCc1ccccc1)C(=O)NCc1ccc(C)cc1. The average Bonchev–Trinajstić information content (AvgIpc) is 2.87. The zero-order chi connectivity index (χ0) is 23.9. The molecule has 7 nitrogen and oxygen atoms in total. The summed E-state index contributed by atoms with van der Waals surface area (Å²) < 4.78 is 1.62. The van der Waals surface area contributed by atoms with Crippen molar-refractivity contribution >= 4 is 28.8 Å². The van der Waals surface area contributed by atoms with Crippen molar-refractivity contribution in [2.75, 3.05) is 0 Å². The molecule has 1 amide bonds. The van der Waals surface area contributed by atoms with Crippen molar-refractivity contribution in [3.8, 4) is 0 Å². The van der Waals surface area contributed by atoms with E-state index in [1.807, 2.05) is 68.4 Å². The van der Waals surface area contributed by atoms with Gasteiger partial charge in [0.2, 0.25) is 5.91 Å². The lowest BCUT2D eigenvalue weighted by Crippen LogP contribution is -2.33. The topological polar surface area (TPSA) is 89.8 Å². The molecule has 0 aliphatic heterocycles. The monoisotopic (exact) mass is 473 g/mol. The molecule has 174 valence electrons. The van der Waals surface area contributed by atoms with E-state index in [1.54, 1.807) is 4.57 Å². The summed E-state index contributed by atoms with van der Waals surface area (Å²) in [5.41, 5.74) is 3.62. The van der Waals surface area contributed by atoms with Gasteiger partial charge in [-0.25, -0.2) is 15.0 Å². The normalized spacial score (nSPS) is 11.9. The van der Waals surface area contributed by atoms with E-state index in [9.17, 15) is 9.59 Å². The molecule has 0 unspecified atom stereocenters. The number of aromatic nitrogens is 4. The van der Waals surface area contributed by atoms with E-state index in [0.717, 1.165) is 11.1 Å². The molecule has 4 rings (SSSR count). The van der Waals surface area contributed by atoms with E-state index in [0.29, 0.717) is 36.7 Å². The summed E-state index contributed by atoms with van der Waals surface area (Å²) in [4.78, 5) is 39.3. The maximum absolute atomic E-state index is 13.3. The fourth-order valence-electron chi connectivity index (χ4n) is 3.56. The average molecular weight is 474 g/mol. The number of aryl methyl sites for hydroxylation is 2. The summed E-state index contributed by atoms with van der Waals surface area (Å²) in [5, 5.41) is 3.10. The number of rotatable bonds is 9. The van der Waals surface area contributed by atoms with Gasteiger partial charge >= 0.3 is 0 Å². The Labute approximate surface area is 202 Å². The number of benzene rings is 2. The lowest BCUT2D eigenvalue weighted by Gasteiger charge is -2.18. The Morgan fingerprint density at radius 1 is 1.03 bits per heavy atom. The molecule has 34 heavy (non-hydrogen) atoms. The van der Waals surface area contributed by atoms with E-state index >= 15 is 0 Å². The van der Waals surface area contributed by atoms with Crippen LogP contribution in [-0.2, 0) is 24.3 Å². The van der Waals surface area contributed by atoms with Crippen molar-refractivity contribution in [3.05, 3.63) is 94.0 Å². The predicted octanol–water partition coefficient (Wildman–Crippen LogP) is 3.92. The summed E-state index contributed by atoms with van der Waals surface area (Å²) in [7, 11) is 0. The molecule has 0 aliphatic rings. The van der Waals surface area contributed by atoms with Crippen LogP contribution in [0.25, 0.3) is 11.2 Å². The number of hydrogen-bond donors (Lipinski definition) is 1. The van der Waals surface area contributed by atoms with Crippen molar-refractivity contribution < 1.29 is 4.79 Å². The minimum atomic E-state index is -0.394. The van der Waals surface area contributed by atoms with E-state index in [4.69, 9.17) is 0 Å². The molecule has 8 heteroatoms. The van der Waals surface area contributed by atoms with Crippen molar-refractivity contribution in [1.29, 1.82) is 0 Å². The highest BCUT2D eigenvalue weighted by atomic mass is 32.2. The first kappa shape index (κ1) is 23.6. The highest BCUT2D eigenvalue weighted by Gasteiger charge is 2.22. The van der Waals surface area contributed by atoms with Crippen molar-refractivity contribution in [2.45, 2.75) is 50.2 Å². The fraction of sp³-hybridized carbons (Fsp3) is 0.269. The summed E-state index contributed by atoms with van der Waals surface area (Å²) in [6.07, 6.45) is 4.27. The molecule has 0 saturated carbocycles. The van der Waals surface area contributed by atoms with Crippen LogP contribution in [0.1, 0.15) is 30.0 Å². The maximum Gasteiger partial charge on any atom is 0.282 e. The largest absolute Gasteiger partial charge is 0.351 e.